The number of aromatic carboxylic acids is 1. The minimum absolute atomic E-state index is 0.0759. The third kappa shape index (κ3) is 3.53. The molecule has 2 aliphatic rings. The van der Waals surface area contributed by atoms with Gasteiger partial charge in [-0.1, -0.05) is 45.9 Å². The second-order valence-corrected chi connectivity index (χ2v) is 11.1. The van der Waals surface area contributed by atoms with Gasteiger partial charge in [-0.2, -0.15) is 0 Å². The number of benzene rings is 3. The predicted molar refractivity (Wildman–Crippen MR) is 140 cm³/mol. The molecule has 0 aromatic heterocycles. The topological polar surface area (TPSA) is 52.9 Å². The van der Waals surface area contributed by atoms with Gasteiger partial charge in [0.2, 0.25) is 0 Å². The van der Waals surface area contributed by atoms with Crippen molar-refractivity contribution in [1.29, 1.82) is 0 Å². The average molecular weight is 453 g/mol. The van der Waals surface area contributed by atoms with E-state index in [1.54, 1.807) is 12.1 Å². The van der Waals surface area contributed by atoms with E-state index in [-0.39, 0.29) is 16.4 Å². The molecule has 0 saturated carbocycles. The molecule has 1 heterocycles. The minimum atomic E-state index is -0.923. The number of carbonyl (C=O) groups is 1. The highest BCUT2D eigenvalue weighted by molar-refractivity contribution is 6.19. The summed E-state index contributed by atoms with van der Waals surface area (Å²) in [6.45, 7) is 11.5. The summed E-state index contributed by atoms with van der Waals surface area (Å²) < 4.78 is 0. The van der Waals surface area contributed by atoms with Gasteiger partial charge in [-0.15, -0.1) is 0 Å². The second kappa shape index (κ2) is 7.56. The van der Waals surface area contributed by atoms with Crippen molar-refractivity contribution in [3.63, 3.8) is 0 Å². The van der Waals surface area contributed by atoms with Crippen LogP contribution in [0.15, 0.2) is 59.6 Å². The Hall–Kier alpha value is -3.40. The van der Waals surface area contributed by atoms with Crippen LogP contribution >= 0.6 is 0 Å². The van der Waals surface area contributed by atoms with E-state index >= 15 is 0 Å². The first-order valence-electron chi connectivity index (χ1n) is 11.9. The average Bonchev–Trinajstić information content (AvgIpc) is 2.90. The van der Waals surface area contributed by atoms with Crippen LogP contribution < -0.4 is 4.90 Å². The van der Waals surface area contributed by atoms with E-state index in [0.717, 1.165) is 52.3 Å². The summed E-state index contributed by atoms with van der Waals surface area (Å²) in [6, 6.07) is 18.2. The summed E-state index contributed by atoms with van der Waals surface area (Å²) in [5.74, 6) is -0.923. The zero-order valence-electron chi connectivity index (χ0n) is 20.9. The first-order chi connectivity index (χ1) is 16.0. The first kappa shape index (κ1) is 22.4. The number of anilines is 2. The van der Waals surface area contributed by atoms with Gasteiger partial charge in [0.05, 0.1) is 28.3 Å². The molecule has 1 N–H and O–H groups in total. The van der Waals surface area contributed by atoms with Gasteiger partial charge >= 0.3 is 5.97 Å². The van der Waals surface area contributed by atoms with Crippen molar-refractivity contribution >= 4 is 28.7 Å². The van der Waals surface area contributed by atoms with Crippen LogP contribution in [0.2, 0.25) is 0 Å². The lowest BCUT2D eigenvalue weighted by Crippen LogP contribution is -2.34. The normalized spacial score (nSPS) is 17.7. The molecule has 0 atom stereocenters. The standard InChI is InChI=1S/C30H32N2O2/c1-18-7-12-25-24(15-18)31-27(19-8-10-20(11-9-19)28(33)34)21-16-22-23(17-26(21)32(25)6)30(4,5)14-13-29(22,2)3/h7-12,15-17H,13-14H2,1-6H3,(H,33,34). The quantitative estimate of drug-likeness (QED) is 0.444. The van der Waals surface area contributed by atoms with Gasteiger partial charge in [-0.3, -0.25) is 0 Å². The van der Waals surface area contributed by atoms with E-state index < -0.39 is 5.97 Å². The molecule has 174 valence electrons. The van der Waals surface area contributed by atoms with E-state index in [1.807, 2.05) is 12.1 Å². The van der Waals surface area contributed by atoms with Gasteiger partial charge in [0.1, 0.15) is 0 Å². The molecule has 0 radical (unpaired) electrons. The number of hydrogen-bond donors (Lipinski definition) is 1. The Balaban J connectivity index is 1.83. The van der Waals surface area contributed by atoms with Crippen LogP contribution in [0.3, 0.4) is 0 Å². The highest BCUT2D eigenvalue weighted by atomic mass is 16.4. The fraction of sp³-hybridized carbons (Fsp3) is 0.333. The predicted octanol–water partition coefficient (Wildman–Crippen LogP) is 7.29. The molecule has 1 aliphatic carbocycles. The van der Waals surface area contributed by atoms with E-state index in [1.165, 1.54) is 11.1 Å². The maximum atomic E-state index is 11.4. The largest absolute Gasteiger partial charge is 0.478 e. The van der Waals surface area contributed by atoms with Crippen molar-refractivity contribution in [3.8, 4) is 0 Å². The van der Waals surface area contributed by atoms with E-state index in [9.17, 15) is 9.90 Å². The number of fused-ring (bicyclic) bond motifs is 3. The van der Waals surface area contributed by atoms with Crippen LogP contribution in [-0.4, -0.2) is 23.8 Å². The lowest BCUT2D eigenvalue weighted by atomic mass is 9.62. The van der Waals surface area contributed by atoms with Crippen molar-refractivity contribution in [2.75, 3.05) is 11.9 Å². The van der Waals surface area contributed by atoms with Crippen molar-refractivity contribution in [3.05, 3.63) is 88.0 Å². The highest BCUT2D eigenvalue weighted by Crippen LogP contribution is 2.50. The molecule has 3 aromatic carbocycles. The van der Waals surface area contributed by atoms with Crippen molar-refractivity contribution in [2.45, 2.75) is 58.3 Å². The van der Waals surface area contributed by atoms with Gasteiger partial charge in [0.25, 0.3) is 0 Å². The lowest BCUT2D eigenvalue weighted by Gasteiger charge is -2.43. The smallest absolute Gasteiger partial charge is 0.335 e. The number of aryl methyl sites for hydroxylation is 1. The minimum Gasteiger partial charge on any atom is -0.478 e. The first-order valence-corrected chi connectivity index (χ1v) is 11.9. The van der Waals surface area contributed by atoms with Gasteiger partial charge < -0.3 is 10.0 Å². The number of nitrogens with zero attached hydrogens (tertiary/aromatic N) is 2. The Kier molecular flexibility index (Phi) is 4.98. The van der Waals surface area contributed by atoms with Crippen LogP contribution in [-0.2, 0) is 10.8 Å². The van der Waals surface area contributed by atoms with Crippen molar-refractivity contribution < 1.29 is 9.90 Å². The van der Waals surface area contributed by atoms with Crippen LogP contribution in [0.25, 0.3) is 0 Å². The lowest BCUT2D eigenvalue weighted by molar-refractivity contribution is 0.0697. The summed E-state index contributed by atoms with van der Waals surface area (Å²) in [4.78, 5) is 18.9. The summed E-state index contributed by atoms with van der Waals surface area (Å²) in [5.41, 5.74) is 10.4. The summed E-state index contributed by atoms with van der Waals surface area (Å²) in [7, 11) is 2.12. The summed E-state index contributed by atoms with van der Waals surface area (Å²) in [5, 5.41) is 9.39. The van der Waals surface area contributed by atoms with Crippen LogP contribution in [0.4, 0.5) is 17.1 Å². The molecule has 34 heavy (non-hydrogen) atoms. The Morgan fingerprint density at radius 2 is 1.50 bits per heavy atom. The molecular weight excluding hydrogens is 420 g/mol. The number of aliphatic imine (C=N–C) groups is 1. The molecule has 5 rings (SSSR count). The molecule has 0 fully saturated rings. The summed E-state index contributed by atoms with van der Waals surface area (Å²) in [6.07, 6.45) is 2.30. The third-order valence-corrected chi connectivity index (χ3v) is 7.72. The zero-order valence-corrected chi connectivity index (χ0v) is 20.9. The number of hydrogen-bond acceptors (Lipinski definition) is 3. The maximum Gasteiger partial charge on any atom is 0.335 e. The molecule has 1 aliphatic heterocycles. The molecule has 0 spiro atoms. The van der Waals surface area contributed by atoms with E-state index in [4.69, 9.17) is 4.99 Å². The zero-order chi connectivity index (χ0) is 24.4. The van der Waals surface area contributed by atoms with E-state index in [0.29, 0.717) is 0 Å². The Labute approximate surface area is 202 Å². The molecule has 0 bridgehead atoms. The van der Waals surface area contributed by atoms with Gasteiger partial charge in [-0.25, -0.2) is 9.79 Å². The van der Waals surface area contributed by atoms with Gasteiger partial charge in [0, 0.05) is 18.2 Å². The maximum absolute atomic E-state index is 11.4. The Morgan fingerprint density at radius 1 is 0.882 bits per heavy atom. The Morgan fingerprint density at radius 3 is 2.12 bits per heavy atom. The number of rotatable bonds is 2. The second-order valence-electron chi connectivity index (χ2n) is 11.1. The number of carboxylic acids is 1. The molecule has 4 nitrogen and oxygen atoms in total. The monoisotopic (exact) mass is 452 g/mol. The Bertz CT molecular complexity index is 1350. The highest BCUT2D eigenvalue weighted by Gasteiger charge is 2.39. The van der Waals surface area contributed by atoms with Crippen LogP contribution in [0.5, 0.6) is 0 Å². The third-order valence-electron chi connectivity index (χ3n) is 7.72. The van der Waals surface area contributed by atoms with Crippen molar-refractivity contribution in [2.24, 2.45) is 4.99 Å². The molecule has 3 aromatic rings. The molecule has 4 heteroatoms. The summed E-state index contributed by atoms with van der Waals surface area (Å²) >= 11 is 0. The molecule has 0 unspecified atom stereocenters. The fourth-order valence-corrected chi connectivity index (χ4v) is 5.38. The molecular formula is C30H32N2O2. The van der Waals surface area contributed by atoms with Gasteiger partial charge in [-0.05, 0) is 83.7 Å². The van der Waals surface area contributed by atoms with Crippen molar-refractivity contribution in [1.82, 2.24) is 0 Å². The SMILES string of the molecule is Cc1ccc2c(c1)N=C(c1ccc(C(=O)O)cc1)c1cc3c(cc1N2C)C(C)(C)CCC3(C)C. The van der Waals surface area contributed by atoms with Crippen LogP contribution in [0.1, 0.15) is 78.7 Å². The molecule has 0 amide bonds. The number of carboxylic acid groups (broad SMARTS) is 1. The molecule has 0 saturated heterocycles. The fourth-order valence-electron chi connectivity index (χ4n) is 5.38. The van der Waals surface area contributed by atoms with Crippen LogP contribution in [0, 0.1) is 6.92 Å². The van der Waals surface area contributed by atoms with Gasteiger partial charge in [0.15, 0.2) is 0 Å². The van der Waals surface area contributed by atoms with E-state index in [2.05, 4.69) is 76.9 Å².